The van der Waals surface area contributed by atoms with Gasteiger partial charge in [-0.15, -0.1) is 0 Å². The Morgan fingerprint density at radius 1 is 0.885 bits per heavy atom. The van der Waals surface area contributed by atoms with Gasteiger partial charge in [0.05, 0.1) is 7.11 Å². The van der Waals surface area contributed by atoms with Gasteiger partial charge in [-0.25, -0.2) is 0 Å². The molecular formula is C23H21NO2. The second-order valence-corrected chi connectivity index (χ2v) is 5.87. The first-order valence-electron chi connectivity index (χ1n) is 8.49. The molecule has 3 heteroatoms. The maximum atomic E-state index is 12.2. The zero-order chi connectivity index (χ0) is 18.2. The van der Waals surface area contributed by atoms with Crippen LogP contribution in [0.3, 0.4) is 0 Å². The molecule has 3 rings (SSSR count). The fraction of sp³-hybridized carbons (Fsp3) is 0.0870. The number of benzene rings is 3. The van der Waals surface area contributed by atoms with Crippen LogP contribution in [0.2, 0.25) is 0 Å². The predicted molar refractivity (Wildman–Crippen MR) is 105 cm³/mol. The van der Waals surface area contributed by atoms with E-state index in [1.165, 1.54) is 0 Å². The standard InChI is InChI=1S/C23H21NO2/c1-26-22-13-7-18(8-14-22)17-24-16-15-23(25)21-11-9-20(10-12-21)19-5-3-2-4-6-19/h2-16,24H,17H2,1H3. The number of ketones is 1. The molecule has 0 bridgehead atoms. The van der Waals surface area contributed by atoms with Crippen LogP contribution in [0.4, 0.5) is 0 Å². The first kappa shape index (κ1) is 17.5. The fourth-order valence-corrected chi connectivity index (χ4v) is 2.61. The Bertz CT molecular complexity index is 866. The highest BCUT2D eigenvalue weighted by Crippen LogP contribution is 2.19. The number of methoxy groups -OCH3 is 1. The summed E-state index contributed by atoms with van der Waals surface area (Å²) in [6, 6.07) is 25.6. The number of hydrogen-bond donors (Lipinski definition) is 1. The highest BCUT2D eigenvalue weighted by molar-refractivity contribution is 6.04. The summed E-state index contributed by atoms with van der Waals surface area (Å²) < 4.78 is 5.13. The molecule has 0 aromatic heterocycles. The van der Waals surface area contributed by atoms with Crippen molar-refractivity contribution in [3.05, 3.63) is 102 Å². The van der Waals surface area contributed by atoms with Crippen molar-refractivity contribution in [1.29, 1.82) is 0 Å². The van der Waals surface area contributed by atoms with Crippen molar-refractivity contribution in [3.63, 3.8) is 0 Å². The SMILES string of the molecule is COc1ccc(CNC=CC(=O)c2ccc(-c3ccccc3)cc2)cc1. The van der Waals surface area contributed by atoms with E-state index in [9.17, 15) is 4.79 Å². The molecule has 0 heterocycles. The van der Waals surface area contributed by atoms with E-state index >= 15 is 0 Å². The molecule has 1 N–H and O–H groups in total. The summed E-state index contributed by atoms with van der Waals surface area (Å²) in [5, 5.41) is 3.13. The molecule has 0 unspecified atom stereocenters. The molecule has 3 aromatic rings. The lowest BCUT2D eigenvalue weighted by Gasteiger charge is -2.04. The highest BCUT2D eigenvalue weighted by Gasteiger charge is 2.02. The fourth-order valence-electron chi connectivity index (χ4n) is 2.61. The van der Waals surface area contributed by atoms with Gasteiger partial charge in [0.2, 0.25) is 0 Å². The maximum absolute atomic E-state index is 12.2. The smallest absolute Gasteiger partial charge is 0.187 e. The second kappa shape index (κ2) is 8.67. The van der Waals surface area contributed by atoms with Gasteiger partial charge in [-0.3, -0.25) is 4.79 Å². The molecular weight excluding hydrogens is 322 g/mol. The van der Waals surface area contributed by atoms with Gasteiger partial charge in [-0.05, 0) is 28.8 Å². The zero-order valence-corrected chi connectivity index (χ0v) is 14.7. The van der Waals surface area contributed by atoms with Gasteiger partial charge in [0, 0.05) is 24.4 Å². The van der Waals surface area contributed by atoms with E-state index in [4.69, 9.17) is 4.74 Å². The summed E-state index contributed by atoms with van der Waals surface area (Å²) in [6.07, 6.45) is 3.25. The third kappa shape index (κ3) is 4.61. The third-order valence-corrected chi connectivity index (χ3v) is 4.09. The molecule has 0 amide bonds. The quantitative estimate of drug-likeness (QED) is 0.492. The summed E-state index contributed by atoms with van der Waals surface area (Å²) in [4.78, 5) is 12.2. The number of ether oxygens (including phenoxy) is 1. The number of allylic oxidation sites excluding steroid dienone is 1. The van der Waals surface area contributed by atoms with Crippen LogP contribution in [0, 0.1) is 0 Å². The largest absolute Gasteiger partial charge is 0.497 e. The minimum atomic E-state index is -0.0214. The monoisotopic (exact) mass is 343 g/mol. The minimum absolute atomic E-state index is 0.0214. The van der Waals surface area contributed by atoms with Crippen molar-refractivity contribution < 1.29 is 9.53 Å². The van der Waals surface area contributed by atoms with E-state index in [1.54, 1.807) is 19.4 Å². The molecule has 26 heavy (non-hydrogen) atoms. The predicted octanol–water partition coefficient (Wildman–Crippen LogP) is 4.85. The summed E-state index contributed by atoms with van der Waals surface area (Å²) in [5.41, 5.74) is 4.04. The molecule has 0 fully saturated rings. The molecule has 3 aromatic carbocycles. The Hall–Kier alpha value is -3.33. The van der Waals surface area contributed by atoms with Crippen LogP contribution in [-0.4, -0.2) is 12.9 Å². The van der Waals surface area contributed by atoms with E-state index in [0.717, 1.165) is 22.4 Å². The van der Waals surface area contributed by atoms with Crippen LogP contribution in [0.1, 0.15) is 15.9 Å². The van der Waals surface area contributed by atoms with Crippen LogP contribution < -0.4 is 10.1 Å². The van der Waals surface area contributed by atoms with Gasteiger partial charge in [-0.1, -0.05) is 66.7 Å². The molecule has 0 aliphatic carbocycles. The first-order valence-corrected chi connectivity index (χ1v) is 8.49. The van der Waals surface area contributed by atoms with Gasteiger partial charge >= 0.3 is 0 Å². The second-order valence-electron chi connectivity index (χ2n) is 5.87. The Morgan fingerprint density at radius 2 is 1.54 bits per heavy atom. The lowest BCUT2D eigenvalue weighted by atomic mass is 10.0. The van der Waals surface area contributed by atoms with Gasteiger partial charge < -0.3 is 10.1 Å². The summed E-state index contributed by atoms with van der Waals surface area (Å²) in [7, 11) is 1.65. The van der Waals surface area contributed by atoms with Gasteiger partial charge in [0.25, 0.3) is 0 Å². The van der Waals surface area contributed by atoms with E-state index < -0.39 is 0 Å². The van der Waals surface area contributed by atoms with Crippen molar-refractivity contribution in [3.8, 4) is 16.9 Å². The molecule has 0 atom stereocenters. The van der Waals surface area contributed by atoms with Gasteiger partial charge in [0.1, 0.15) is 5.75 Å². The molecule has 0 saturated heterocycles. The Morgan fingerprint density at radius 3 is 2.19 bits per heavy atom. The first-order chi connectivity index (χ1) is 12.8. The lowest BCUT2D eigenvalue weighted by molar-refractivity contribution is 0.104. The molecule has 0 spiro atoms. The summed E-state index contributed by atoms with van der Waals surface area (Å²) >= 11 is 0. The Balaban J connectivity index is 1.54. The average molecular weight is 343 g/mol. The van der Waals surface area contributed by atoms with E-state index in [0.29, 0.717) is 12.1 Å². The summed E-state index contributed by atoms with van der Waals surface area (Å²) in [5.74, 6) is 0.810. The third-order valence-electron chi connectivity index (χ3n) is 4.09. The Labute approximate surface area is 154 Å². The van der Waals surface area contributed by atoms with Crippen LogP contribution in [-0.2, 0) is 6.54 Å². The van der Waals surface area contributed by atoms with E-state index in [-0.39, 0.29) is 5.78 Å². The zero-order valence-electron chi connectivity index (χ0n) is 14.7. The Kier molecular flexibility index (Phi) is 5.84. The lowest BCUT2D eigenvalue weighted by Crippen LogP contribution is -2.05. The molecule has 0 saturated carbocycles. The van der Waals surface area contributed by atoms with Crippen LogP contribution >= 0.6 is 0 Å². The maximum Gasteiger partial charge on any atom is 0.187 e. The van der Waals surface area contributed by atoms with Gasteiger partial charge in [0.15, 0.2) is 5.78 Å². The number of carbonyl (C=O) groups is 1. The van der Waals surface area contributed by atoms with Crippen LogP contribution in [0.25, 0.3) is 11.1 Å². The van der Waals surface area contributed by atoms with Crippen molar-refractivity contribution in [2.24, 2.45) is 0 Å². The van der Waals surface area contributed by atoms with Crippen molar-refractivity contribution in [2.45, 2.75) is 6.54 Å². The number of carbonyl (C=O) groups excluding carboxylic acids is 1. The van der Waals surface area contributed by atoms with Crippen molar-refractivity contribution in [2.75, 3.05) is 7.11 Å². The molecule has 0 aliphatic rings. The topological polar surface area (TPSA) is 38.3 Å². The number of nitrogens with one attached hydrogen (secondary N) is 1. The highest BCUT2D eigenvalue weighted by atomic mass is 16.5. The van der Waals surface area contributed by atoms with Crippen LogP contribution in [0.5, 0.6) is 5.75 Å². The van der Waals surface area contributed by atoms with Crippen LogP contribution in [0.15, 0.2) is 91.1 Å². The van der Waals surface area contributed by atoms with E-state index in [2.05, 4.69) is 17.4 Å². The van der Waals surface area contributed by atoms with Gasteiger partial charge in [-0.2, -0.15) is 0 Å². The number of rotatable bonds is 7. The molecule has 0 radical (unpaired) electrons. The molecule has 0 aliphatic heterocycles. The normalized spacial score (nSPS) is 10.7. The van der Waals surface area contributed by atoms with Crippen molar-refractivity contribution >= 4 is 5.78 Å². The average Bonchev–Trinajstić information content (AvgIpc) is 2.72. The minimum Gasteiger partial charge on any atom is -0.497 e. The van der Waals surface area contributed by atoms with Crippen molar-refractivity contribution in [1.82, 2.24) is 5.32 Å². The number of hydrogen-bond acceptors (Lipinski definition) is 3. The van der Waals surface area contributed by atoms with E-state index in [1.807, 2.05) is 66.7 Å². The molecule has 3 nitrogen and oxygen atoms in total. The summed E-state index contributed by atoms with van der Waals surface area (Å²) in [6.45, 7) is 0.653. The molecule has 130 valence electrons.